The SMILES string of the molecule is CCCSc1ccc(C(=O)OC)cc1. The zero-order valence-corrected chi connectivity index (χ0v) is 9.26. The van der Waals surface area contributed by atoms with Crippen molar-refractivity contribution in [2.75, 3.05) is 12.9 Å². The summed E-state index contributed by atoms with van der Waals surface area (Å²) in [5, 5.41) is 0. The topological polar surface area (TPSA) is 26.3 Å². The molecule has 0 atom stereocenters. The molecule has 0 aliphatic heterocycles. The molecule has 0 N–H and O–H groups in total. The summed E-state index contributed by atoms with van der Waals surface area (Å²) in [7, 11) is 1.39. The number of esters is 1. The third kappa shape index (κ3) is 3.07. The molecule has 0 saturated heterocycles. The van der Waals surface area contributed by atoms with Gasteiger partial charge >= 0.3 is 5.97 Å². The van der Waals surface area contributed by atoms with E-state index >= 15 is 0 Å². The first-order chi connectivity index (χ1) is 6.77. The van der Waals surface area contributed by atoms with Gasteiger partial charge in [-0.05, 0) is 36.4 Å². The van der Waals surface area contributed by atoms with Gasteiger partial charge < -0.3 is 4.74 Å². The first kappa shape index (κ1) is 11.1. The summed E-state index contributed by atoms with van der Waals surface area (Å²) in [5.41, 5.74) is 0.605. The minimum absolute atomic E-state index is 0.281. The summed E-state index contributed by atoms with van der Waals surface area (Å²) >= 11 is 1.80. The minimum Gasteiger partial charge on any atom is -0.465 e. The van der Waals surface area contributed by atoms with Gasteiger partial charge in [-0.25, -0.2) is 4.79 Å². The number of methoxy groups -OCH3 is 1. The van der Waals surface area contributed by atoms with E-state index in [1.807, 2.05) is 12.1 Å². The average Bonchev–Trinajstić information content (AvgIpc) is 2.26. The highest BCUT2D eigenvalue weighted by Gasteiger charge is 2.03. The molecule has 0 aliphatic rings. The maximum atomic E-state index is 11.1. The summed E-state index contributed by atoms with van der Waals surface area (Å²) in [5.74, 6) is 0.828. The van der Waals surface area contributed by atoms with Gasteiger partial charge in [-0.3, -0.25) is 0 Å². The van der Waals surface area contributed by atoms with Crippen LogP contribution in [0.25, 0.3) is 0 Å². The number of benzene rings is 1. The Balaban J connectivity index is 2.63. The van der Waals surface area contributed by atoms with E-state index in [-0.39, 0.29) is 5.97 Å². The van der Waals surface area contributed by atoms with Crippen LogP contribution in [-0.4, -0.2) is 18.8 Å². The quantitative estimate of drug-likeness (QED) is 0.564. The van der Waals surface area contributed by atoms with Crippen molar-refractivity contribution in [2.24, 2.45) is 0 Å². The minimum atomic E-state index is -0.281. The third-order valence-electron chi connectivity index (χ3n) is 1.75. The van der Waals surface area contributed by atoms with Gasteiger partial charge in [-0.15, -0.1) is 11.8 Å². The number of rotatable bonds is 4. The van der Waals surface area contributed by atoms with Crippen LogP contribution in [0.5, 0.6) is 0 Å². The van der Waals surface area contributed by atoms with E-state index in [1.165, 1.54) is 12.0 Å². The number of hydrogen-bond donors (Lipinski definition) is 0. The van der Waals surface area contributed by atoms with Gasteiger partial charge in [0.05, 0.1) is 12.7 Å². The molecule has 1 aromatic rings. The normalized spacial score (nSPS) is 9.86. The molecular formula is C11H14O2S. The standard InChI is InChI=1S/C11H14O2S/c1-3-8-14-10-6-4-9(5-7-10)11(12)13-2/h4-7H,3,8H2,1-2H3. The van der Waals surface area contributed by atoms with Crippen LogP contribution in [-0.2, 0) is 4.74 Å². The maximum absolute atomic E-state index is 11.1. The predicted molar refractivity (Wildman–Crippen MR) is 58.8 cm³/mol. The van der Waals surface area contributed by atoms with E-state index in [0.717, 1.165) is 12.2 Å². The zero-order chi connectivity index (χ0) is 10.4. The molecule has 0 unspecified atom stereocenters. The van der Waals surface area contributed by atoms with Crippen molar-refractivity contribution < 1.29 is 9.53 Å². The molecule has 1 rings (SSSR count). The summed E-state index contributed by atoms with van der Waals surface area (Å²) in [4.78, 5) is 12.3. The highest BCUT2D eigenvalue weighted by atomic mass is 32.2. The van der Waals surface area contributed by atoms with Crippen LogP contribution in [0.15, 0.2) is 29.2 Å². The van der Waals surface area contributed by atoms with Crippen molar-refractivity contribution in [2.45, 2.75) is 18.2 Å². The van der Waals surface area contributed by atoms with Gasteiger partial charge in [0.2, 0.25) is 0 Å². The van der Waals surface area contributed by atoms with E-state index in [1.54, 1.807) is 23.9 Å². The number of ether oxygens (including phenoxy) is 1. The highest BCUT2D eigenvalue weighted by Crippen LogP contribution is 2.19. The lowest BCUT2D eigenvalue weighted by Crippen LogP contribution is -2.00. The molecule has 0 saturated carbocycles. The van der Waals surface area contributed by atoms with E-state index in [4.69, 9.17) is 0 Å². The Labute approximate surface area is 88.7 Å². The molecule has 2 nitrogen and oxygen atoms in total. The number of hydrogen-bond acceptors (Lipinski definition) is 3. The summed E-state index contributed by atoms with van der Waals surface area (Å²) in [6.07, 6.45) is 1.16. The lowest BCUT2D eigenvalue weighted by Gasteiger charge is -2.01. The Hall–Kier alpha value is -0.960. The number of carbonyl (C=O) groups excluding carboxylic acids is 1. The Morgan fingerprint density at radius 1 is 1.36 bits per heavy atom. The molecule has 14 heavy (non-hydrogen) atoms. The molecule has 0 heterocycles. The van der Waals surface area contributed by atoms with E-state index in [0.29, 0.717) is 5.56 Å². The summed E-state index contributed by atoms with van der Waals surface area (Å²) in [6, 6.07) is 7.49. The van der Waals surface area contributed by atoms with Crippen molar-refractivity contribution in [3.8, 4) is 0 Å². The highest BCUT2D eigenvalue weighted by molar-refractivity contribution is 7.99. The second-order valence-corrected chi connectivity index (χ2v) is 4.03. The number of thioether (sulfide) groups is 1. The number of carbonyl (C=O) groups is 1. The second kappa shape index (κ2) is 5.70. The van der Waals surface area contributed by atoms with Crippen LogP contribution in [0.2, 0.25) is 0 Å². The fourth-order valence-electron chi connectivity index (χ4n) is 1.03. The van der Waals surface area contributed by atoms with Crippen LogP contribution in [0.4, 0.5) is 0 Å². The van der Waals surface area contributed by atoms with E-state index in [9.17, 15) is 4.79 Å². The lowest BCUT2D eigenvalue weighted by atomic mass is 10.2. The van der Waals surface area contributed by atoms with Crippen molar-refractivity contribution >= 4 is 17.7 Å². The van der Waals surface area contributed by atoms with Crippen LogP contribution in [0.3, 0.4) is 0 Å². The van der Waals surface area contributed by atoms with Gasteiger partial charge in [-0.2, -0.15) is 0 Å². The molecule has 1 aromatic carbocycles. The molecule has 76 valence electrons. The summed E-state index contributed by atoms with van der Waals surface area (Å²) < 4.78 is 4.61. The molecule has 0 fully saturated rings. The monoisotopic (exact) mass is 210 g/mol. The van der Waals surface area contributed by atoms with Crippen LogP contribution < -0.4 is 0 Å². The lowest BCUT2D eigenvalue weighted by molar-refractivity contribution is 0.0600. The largest absolute Gasteiger partial charge is 0.465 e. The Morgan fingerprint density at radius 2 is 2.00 bits per heavy atom. The summed E-state index contributed by atoms with van der Waals surface area (Å²) in [6.45, 7) is 2.15. The second-order valence-electron chi connectivity index (χ2n) is 2.86. The average molecular weight is 210 g/mol. The molecule has 0 amide bonds. The van der Waals surface area contributed by atoms with Crippen LogP contribution in [0, 0.1) is 0 Å². The third-order valence-corrected chi connectivity index (χ3v) is 2.97. The van der Waals surface area contributed by atoms with Crippen LogP contribution in [0.1, 0.15) is 23.7 Å². The van der Waals surface area contributed by atoms with Gasteiger partial charge in [0.25, 0.3) is 0 Å². The van der Waals surface area contributed by atoms with Crippen molar-refractivity contribution in [1.82, 2.24) is 0 Å². The molecule has 0 bridgehead atoms. The van der Waals surface area contributed by atoms with Crippen molar-refractivity contribution in [1.29, 1.82) is 0 Å². The maximum Gasteiger partial charge on any atom is 0.337 e. The Kier molecular flexibility index (Phi) is 4.53. The smallest absolute Gasteiger partial charge is 0.337 e. The van der Waals surface area contributed by atoms with Gasteiger partial charge in [-0.1, -0.05) is 6.92 Å². The van der Waals surface area contributed by atoms with Gasteiger partial charge in [0, 0.05) is 4.90 Å². The molecule has 3 heteroatoms. The van der Waals surface area contributed by atoms with Gasteiger partial charge in [0.1, 0.15) is 0 Å². The molecule has 0 radical (unpaired) electrons. The first-order valence-corrected chi connectivity index (χ1v) is 5.57. The van der Waals surface area contributed by atoms with E-state index < -0.39 is 0 Å². The molecule has 0 spiro atoms. The molecular weight excluding hydrogens is 196 g/mol. The Bertz CT molecular complexity index is 293. The fraction of sp³-hybridized carbons (Fsp3) is 0.364. The van der Waals surface area contributed by atoms with E-state index in [2.05, 4.69) is 11.7 Å². The zero-order valence-electron chi connectivity index (χ0n) is 8.45. The fourth-order valence-corrected chi connectivity index (χ4v) is 1.79. The Morgan fingerprint density at radius 3 is 2.50 bits per heavy atom. The first-order valence-electron chi connectivity index (χ1n) is 4.59. The molecule has 0 aliphatic carbocycles. The van der Waals surface area contributed by atoms with Crippen molar-refractivity contribution in [3.63, 3.8) is 0 Å². The van der Waals surface area contributed by atoms with Crippen molar-refractivity contribution in [3.05, 3.63) is 29.8 Å². The van der Waals surface area contributed by atoms with Crippen LogP contribution >= 0.6 is 11.8 Å². The predicted octanol–water partition coefficient (Wildman–Crippen LogP) is 2.98. The molecule has 0 aromatic heterocycles. The van der Waals surface area contributed by atoms with Gasteiger partial charge in [0.15, 0.2) is 0 Å².